The van der Waals surface area contributed by atoms with E-state index >= 15 is 0 Å². The smallest absolute Gasteiger partial charge is 0.256 e. The maximum Gasteiger partial charge on any atom is 0.256 e. The van der Waals surface area contributed by atoms with Crippen LogP contribution < -0.4 is 10.6 Å². The molecule has 0 aliphatic heterocycles. The summed E-state index contributed by atoms with van der Waals surface area (Å²) in [7, 11) is 1.61. The van der Waals surface area contributed by atoms with E-state index < -0.39 is 0 Å². The molecule has 1 aromatic heterocycles. The topological polar surface area (TPSA) is 58.2 Å². The van der Waals surface area contributed by atoms with Crippen molar-refractivity contribution in [3.8, 4) is 0 Å². The lowest BCUT2D eigenvalue weighted by atomic mass is 9.95. The molecule has 0 spiro atoms. The molecule has 0 bridgehead atoms. The summed E-state index contributed by atoms with van der Waals surface area (Å²) in [4.78, 5) is 25.9. The summed E-state index contributed by atoms with van der Waals surface area (Å²) in [5.41, 5.74) is 2.18. The number of carbonyl (C=O) groups is 2. The quantitative estimate of drug-likeness (QED) is 0.884. The number of hydrogen-bond acceptors (Lipinski definition) is 3. The summed E-state index contributed by atoms with van der Waals surface area (Å²) < 4.78 is 0. The average molecular weight is 349 g/mol. The number of aryl methyl sites for hydroxylation is 1. The Hall–Kier alpha value is -1.85. The van der Waals surface area contributed by atoms with Crippen LogP contribution in [0.2, 0.25) is 5.02 Å². The summed E-state index contributed by atoms with van der Waals surface area (Å²) in [6, 6.07) is 6.77. The van der Waals surface area contributed by atoms with Gasteiger partial charge >= 0.3 is 0 Å². The Labute approximate surface area is 143 Å². The predicted octanol–water partition coefficient (Wildman–Crippen LogP) is 3.89. The van der Waals surface area contributed by atoms with Gasteiger partial charge in [-0.3, -0.25) is 9.59 Å². The molecule has 1 aliphatic rings. The van der Waals surface area contributed by atoms with Crippen molar-refractivity contribution in [3.05, 3.63) is 50.9 Å². The van der Waals surface area contributed by atoms with E-state index in [1.165, 1.54) is 16.2 Å². The van der Waals surface area contributed by atoms with Crippen LogP contribution in [0.25, 0.3) is 0 Å². The van der Waals surface area contributed by atoms with Gasteiger partial charge in [0, 0.05) is 22.5 Å². The van der Waals surface area contributed by atoms with Crippen LogP contribution in [0.15, 0.2) is 24.3 Å². The van der Waals surface area contributed by atoms with Gasteiger partial charge in [-0.1, -0.05) is 17.7 Å². The van der Waals surface area contributed by atoms with Crippen LogP contribution >= 0.6 is 22.9 Å². The van der Waals surface area contributed by atoms with Gasteiger partial charge in [-0.05, 0) is 49.4 Å². The number of benzene rings is 1. The molecule has 1 heterocycles. The SMILES string of the molecule is CNC(=O)c1c(NC(=O)c2cccc(Cl)c2)sc2c1CCCC2. The monoisotopic (exact) mass is 348 g/mol. The zero-order valence-corrected chi connectivity index (χ0v) is 14.3. The number of hydrogen-bond donors (Lipinski definition) is 2. The molecular formula is C17H17ClN2O2S. The first-order chi connectivity index (χ1) is 11.1. The Morgan fingerprint density at radius 1 is 1.17 bits per heavy atom. The first-order valence-electron chi connectivity index (χ1n) is 7.53. The van der Waals surface area contributed by atoms with Crippen LogP contribution in [0.5, 0.6) is 0 Å². The molecule has 0 radical (unpaired) electrons. The van der Waals surface area contributed by atoms with Crippen LogP contribution in [0.1, 0.15) is 44.0 Å². The summed E-state index contributed by atoms with van der Waals surface area (Å²) in [6.07, 6.45) is 4.07. The van der Waals surface area contributed by atoms with Crippen molar-refractivity contribution in [2.75, 3.05) is 12.4 Å². The fourth-order valence-corrected chi connectivity index (χ4v) is 4.30. The van der Waals surface area contributed by atoms with Crippen molar-refractivity contribution in [3.63, 3.8) is 0 Å². The van der Waals surface area contributed by atoms with E-state index in [-0.39, 0.29) is 11.8 Å². The van der Waals surface area contributed by atoms with Gasteiger partial charge in [-0.25, -0.2) is 0 Å². The fraction of sp³-hybridized carbons (Fsp3) is 0.294. The van der Waals surface area contributed by atoms with Gasteiger partial charge in [-0.2, -0.15) is 0 Å². The third kappa shape index (κ3) is 3.26. The molecule has 2 aromatic rings. The van der Waals surface area contributed by atoms with Crippen LogP contribution in [0, 0.1) is 0 Å². The average Bonchev–Trinajstić information content (AvgIpc) is 2.92. The predicted molar refractivity (Wildman–Crippen MR) is 93.8 cm³/mol. The third-order valence-corrected chi connectivity index (χ3v) is 5.38. The van der Waals surface area contributed by atoms with Crippen LogP contribution in [0.3, 0.4) is 0 Å². The number of anilines is 1. The summed E-state index contributed by atoms with van der Waals surface area (Å²) in [5.74, 6) is -0.401. The number of rotatable bonds is 3. The molecule has 0 fully saturated rings. The van der Waals surface area contributed by atoms with Gasteiger partial charge in [0.1, 0.15) is 5.00 Å². The number of carbonyl (C=O) groups excluding carboxylic acids is 2. The van der Waals surface area contributed by atoms with Gasteiger partial charge in [0.2, 0.25) is 0 Å². The second-order valence-electron chi connectivity index (χ2n) is 5.46. The lowest BCUT2D eigenvalue weighted by Gasteiger charge is -2.12. The van der Waals surface area contributed by atoms with E-state index in [1.54, 1.807) is 31.3 Å². The van der Waals surface area contributed by atoms with Gasteiger partial charge < -0.3 is 10.6 Å². The van der Waals surface area contributed by atoms with E-state index in [9.17, 15) is 9.59 Å². The maximum atomic E-state index is 12.4. The van der Waals surface area contributed by atoms with E-state index in [0.29, 0.717) is 21.2 Å². The van der Waals surface area contributed by atoms with Crippen molar-refractivity contribution in [2.45, 2.75) is 25.7 Å². The molecule has 23 heavy (non-hydrogen) atoms. The summed E-state index contributed by atoms with van der Waals surface area (Å²) in [6.45, 7) is 0. The highest BCUT2D eigenvalue weighted by molar-refractivity contribution is 7.17. The highest BCUT2D eigenvalue weighted by Crippen LogP contribution is 2.38. The first-order valence-corrected chi connectivity index (χ1v) is 8.73. The minimum absolute atomic E-state index is 0.147. The summed E-state index contributed by atoms with van der Waals surface area (Å²) >= 11 is 7.44. The van der Waals surface area contributed by atoms with Crippen LogP contribution in [-0.4, -0.2) is 18.9 Å². The zero-order valence-electron chi connectivity index (χ0n) is 12.7. The Morgan fingerprint density at radius 3 is 2.70 bits per heavy atom. The molecule has 0 saturated carbocycles. The number of amides is 2. The Bertz CT molecular complexity index is 770. The molecule has 1 aromatic carbocycles. The minimum atomic E-state index is -0.253. The van der Waals surface area contributed by atoms with E-state index in [1.807, 2.05) is 0 Å². The molecule has 1 aliphatic carbocycles. The Kier molecular flexibility index (Phi) is 4.68. The first kappa shape index (κ1) is 16.0. The van der Waals surface area contributed by atoms with E-state index in [4.69, 9.17) is 11.6 Å². The zero-order chi connectivity index (χ0) is 16.4. The van der Waals surface area contributed by atoms with Crippen molar-refractivity contribution >= 4 is 39.8 Å². The normalized spacial score (nSPS) is 13.3. The molecule has 0 saturated heterocycles. The van der Waals surface area contributed by atoms with Crippen molar-refractivity contribution < 1.29 is 9.59 Å². The van der Waals surface area contributed by atoms with Crippen molar-refractivity contribution in [2.24, 2.45) is 0 Å². The molecule has 4 nitrogen and oxygen atoms in total. The molecule has 2 N–H and O–H groups in total. The molecule has 0 atom stereocenters. The van der Waals surface area contributed by atoms with E-state index in [2.05, 4.69) is 10.6 Å². The molecular weight excluding hydrogens is 332 g/mol. The molecule has 2 amide bonds. The van der Waals surface area contributed by atoms with E-state index in [0.717, 1.165) is 31.2 Å². The number of thiophene rings is 1. The largest absolute Gasteiger partial charge is 0.355 e. The lowest BCUT2D eigenvalue weighted by Crippen LogP contribution is -2.22. The van der Waals surface area contributed by atoms with Crippen molar-refractivity contribution in [1.82, 2.24) is 5.32 Å². The standard InChI is InChI=1S/C17H17ClN2O2S/c1-19-16(22)14-12-7-2-3-8-13(12)23-17(14)20-15(21)10-5-4-6-11(18)9-10/h4-6,9H,2-3,7-8H2,1H3,(H,19,22)(H,20,21). The third-order valence-electron chi connectivity index (χ3n) is 3.94. The molecule has 0 unspecified atom stereocenters. The number of halogens is 1. The van der Waals surface area contributed by atoms with Crippen molar-refractivity contribution in [1.29, 1.82) is 0 Å². The number of fused-ring (bicyclic) bond motifs is 1. The second-order valence-corrected chi connectivity index (χ2v) is 7.00. The molecule has 6 heteroatoms. The van der Waals surface area contributed by atoms with Gasteiger partial charge in [0.15, 0.2) is 0 Å². The fourth-order valence-electron chi connectivity index (χ4n) is 2.82. The maximum absolute atomic E-state index is 12.4. The molecule has 120 valence electrons. The number of nitrogens with one attached hydrogen (secondary N) is 2. The highest BCUT2D eigenvalue weighted by Gasteiger charge is 2.25. The highest BCUT2D eigenvalue weighted by atomic mass is 35.5. The Balaban J connectivity index is 1.94. The Morgan fingerprint density at radius 2 is 1.96 bits per heavy atom. The van der Waals surface area contributed by atoms with Crippen LogP contribution in [0.4, 0.5) is 5.00 Å². The molecule has 3 rings (SSSR count). The van der Waals surface area contributed by atoms with Gasteiger partial charge in [-0.15, -0.1) is 11.3 Å². The summed E-state index contributed by atoms with van der Waals surface area (Å²) in [5, 5.41) is 6.70. The lowest BCUT2D eigenvalue weighted by molar-refractivity contribution is 0.0963. The minimum Gasteiger partial charge on any atom is -0.355 e. The van der Waals surface area contributed by atoms with Gasteiger partial charge in [0.05, 0.1) is 5.56 Å². The second kappa shape index (κ2) is 6.72. The van der Waals surface area contributed by atoms with Crippen LogP contribution in [-0.2, 0) is 12.8 Å². The van der Waals surface area contributed by atoms with Gasteiger partial charge in [0.25, 0.3) is 11.8 Å².